The van der Waals surface area contributed by atoms with E-state index >= 15 is 0 Å². The molecule has 0 aromatic carbocycles. The number of carbonyl (C=O) groups is 5. The van der Waals surface area contributed by atoms with Gasteiger partial charge in [0.05, 0.1) is 6.04 Å². The minimum atomic E-state index is -1.10. The molecule has 4 amide bonds. The van der Waals surface area contributed by atoms with Crippen LogP contribution in [0.3, 0.4) is 0 Å². The molecular formula is C24H40N4O6. The molecule has 1 saturated carbocycles. The molecule has 2 aliphatic rings. The summed E-state index contributed by atoms with van der Waals surface area (Å²) >= 11 is 0. The van der Waals surface area contributed by atoms with E-state index < -0.39 is 47.4 Å². The van der Waals surface area contributed by atoms with Crippen LogP contribution in [0.5, 0.6) is 0 Å². The molecule has 0 aromatic heterocycles. The van der Waals surface area contributed by atoms with Crippen LogP contribution in [0.15, 0.2) is 0 Å². The van der Waals surface area contributed by atoms with Gasteiger partial charge in [-0.25, -0.2) is 4.79 Å². The van der Waals surface area contributed by atoms with E-state index in [4.69, 9.17) is 10.5 Å². The van der Waals surface area contributed by atoms with Crippen molar-refractivity contribution in [1.82, 2.24) is 15.5 Å². The number of hydrogen-bond acceptors (Lipinski definition) is 6. The number of carbonyl (C=O) groups excluding carboxylic acids is 5. The number of likely N-dealkylation sites (tertiary alicyclic amines) is 1. The Balaban J connectivity index is 2.18. The summed E-state index contributed by atoms with van der Waals surface area (Å²) in [5, 5.41) is 5.40. The first-order valence-electron chi connectivity index (χ1n) is 12.4. The first-order valence-corrected chi connectivity index (χ1v) is 12.4. The number of alkyl carbamates (subject to hydrolysis) is 1. The fraction of sp³-hybridized carbons (Fsp3) is 0.792. The highest BCUT2D eigenvalue weighted by Crippen LogP contribution is 2.29. The number of primary amides is 1. The van der Waals surface area contributed by atoms with Gasteiger partial charge in [0.2, 0.25) is 17.6 Å². The Morgan fingerprint density at radius 1 is 1.00 bits per heavy atom. The van der Waals surface area contributed by atoms with Gasteiger partial charge in [0.25, 0.3) is 5.91 Å². The molecule has 0 bridgehead atoms. The molecule has 1 aliphatic carbocycles. The molecule has 1 saturated heterocycles. The van der Waals surface area contributed by atoms with E-state index in [-0.39, 0.29) is 18.2 Å². The molecule has 2 rings (SSSR count). The molecule has 2 fully saturated rings. The lowest BCUT2D eigenvalue weighted by Crippen LogP contribution is -2.58. The predicted molar refractivity (Wildman–Crippen MR) is 126 cm³/mol. The van der Waals surface area contributed by atoms with Gasteiger partial charge in [-0.1, -0.05) is 32.6 Å². The van der Waals surface area contributed by atoms with Crippen LogP contribution in [0, 0.1) is 5.92 Å². The van der Waals surface area contributed by atoms with E-state index in [0.29, 0.717) is 25.8 Å². The Labute approximate surface area is 201 Å². The largest absolute Gasteiger partial charge is 0.444 e. The average Bonchev–Trinajstić information content (AvgIpc) is 3.25. The number of amides is 4. The fourth-order valence-corrected chi connectivity index (χ4v) is 4.76. The van der Waals surface area contributed by atoms with Gasteiger partial charge in [-0.2, -0.15) is 0 Å². The van der Waals surface area contributed by atoms with Gasteiger partial charge in [-0.3, -0.25) is 19.2 Å². The third-order valence-electron chi connectivity index (χ3n) is 6.35. The van der Waals surface area contributed by atoms with Gasteiger partial charge in [-0.15, -0.1) is 0 Å². The lowest BCUT2D eigenvalue weighted by molar-refractivity contribution is -0.143. The van der Waals surface area contributed by atoms with E-state index in [1.807, 2.05) is 6.92 Å². The van der Waals surface area contributed by atoms with Crippen LogP contribution in [-0.4, -0.2) is 64.8 Å². The third kappa shape index (κ3) is 7.70. The van der Waals surface area contributed by atoms with Crippen molar-refractivity contribution in [1.29, 1.82) is 0 Å². The fourth-order valence-electron chi connectivity index (χ4n) is 4.76. The predicted octanol–water partition coefficient (Wildman–Crippen LogP) is 1.79. The molecule has 4 N–H and O–H groups in total. The molecule has 34 heavy (non-hydrogen) atoms. The van der Waals surface area contributed by atoms with Crippen LogP contribution in [0.4, 0.5) is 4.79 Å². The zero-order chi connectivity index (χ0) is 25.5. The number of ether oxygens (including phenoxy) is 1. The third-order valence-corrected chi connectivity index (χ3v) is 6.35. The maximum atomic E-state index is 13.6. The van der Waals surface area contributed by atoms with Gasteiger partial charge in [0.1, 0.15) is 17.7 Å². The second-order valence-corrected chi connectivity index (χ2v) is 10.3. The van der Waals surface area contributed by atoms with Crippen LogP contribution in [0.25, 0.3) is 0 Å². The average molecular weight is 481 g/mol. The van der Waals surface area contributed by atoms with Crippen LogP contribution < -0.4 is 16.4 Å². The van der Waals surface area contributed by atoms with Gasteiger partial charge >= 0.3 is 6.09 Å². The summed E-state index contributed by atoms with van der Waals surface area (Å²) in [6.07, 6.45) is 5.90. The SMILES string of the molecule is CCCC(NC(=O)[C@@H]1CCCN1C(=O)C(NC(=O)OC(C)(C)C)C1CCCCC1)C(=O)C(N)=O. The summed E-state index contributed by atoms with van der Waals surface area (Å²) in [4.78, 5) is 64.2. The van der Waals surface area contributed by atoms with Crippen molar-refractivity contribution < 1.29 is 28.7 Å². The second kappa shape index (κ2) is 12.2. The summed E-state index contributed by atoms with van der Waals surface area (Å²) in [5.74, 6) is -2.79. The molecule has 1 heterocycles. The highest BCUT2D eigenvalue weighted by Gasteiger charge is 2.42. The molecule has 10 heteroatoms. The number of nitrogens with one attached hydrogen (secondary N) is 2. The van der Waals surface area contributed by atoms with Gasteiger partial charge in [-0.05, 0) is 58.8 Å². The molecular weight excluding hydrogens is 440 g/mol. The summed E-state index contributed by atoms with van der Waals surface area (Å²) in [6, 6.07) is -2.58. The quantitative estimate of drug-likeness (QED) is 0.429. The van der Waals surface area contributed by atoms with E-state index in [1.54, 1.807) is 20.8 Å². The lowest BCUT2D eigenvalue weighted by Gasteiger charge is -2.35. The van der Waals surface area contributed by atoms with Crippen LogP contribution >= 0.6 is 0 Å². The lowest BCUT2D eigenvalue weighted by atomic mass is 9.83. The van der Waals surface area contributed by atoms with Gasteiger partial charge in [0.15, 0.2) is 0 Å². The van der Waals surface area contributed by atoms with Gasteiger partial charge in [0, 0.05) is 6.54 Å². The minimum Gasteiger partial charge on any atom is -0.444 e. The highest BCUT2D eigenvalue weighted by atomic mass is 16.6. The van der Waals surface area contributed by atoms with Crippen molar-refractivity contribution >= 4 is 29.6 Å². The Morgan fingerprint density at radius 2 is 1.65 bits per heavy atom. The molecule has 0 aromatic rings. The normalized spacial score (nSPS) is 20.8. The zero-order valence-electron chi connectivity index (χ0n) is 20.9. The Bertz CT molecular complexity index is 772. The van der Waals surface area contributed by atoms with Crippen molar-refractivity contribution in [2.24, 2.45) is 11.7 Å². The molecule has 192 valence electrons. The zero-order valence-corrected chi connectivity index (χ0v) is 20.9. The number of ketones is 1. The van der Waals surface area contributed by atoms with Crippen molar-refractivity contribution in [2.45, 2.75) is 109 Å². The van der Waals surface area contributed by atoms with Crippen molar-refractivity contribution in [3.8, 4) is 0 Å². The number of nitrogens with two attached hydrogens (primary N) is 1. The molecule has 0 radical (unpaired) electrons. The van der Waals surface area contributed by atoms with Gasteiger partial charge < -0.3 is 26.0 Å². The molecule has 2 unspecified atom stereocenters. The molecule has 3 atom stereocenters. The molecule has 0 spiro atoms. The molecule has 10 nitrogen and oxygen atoms in total. The Morgan fingerprint density at radius 3 is 2.21 bits per heavy atom. The summed E-state index contributed by atoms with van der Waals surface area (Å²) in [5.41, 5.74) is 4.42. The highest BCUT2D eigenvalue weighted by molar-refractivity contribution is 6.37. The minimum absolute atomic E-state index is 0.0395. The number of nitrogens with zero attached hydrogens (tertiary/aromatic N) is 1. The first-order chi connectivity index (χ1) is 15.9. The maximum Gasteiger partial charge on any atom is 0.408 e. The standard InChI is InChI=1S/C24H40N4O6/c1-5-10-16(19(29)20(25)30)26-21(31)17-13-9-14-28(17)22(32)18(15-11-7-6-8-12-15)27-23(33)34-24(2,3)4/h15-18H,5-14H2,1-4H3,(H2,25,30)(H,26,31)(H,27,33)/t16?,17-,18?/m0/s1. The number of hydrogen-bond donors (Lipinski definition) is 3. The second-order valence-electron chi connectivity index (χ2n) is 10.3. The van der Waals surface area contributed by atoms with Crippen LogP contribution in [0.1, 0.15) is 85.5 Å². The van der Waals surface area contributed by atoms with Crippen molar-refractivity contribution in [3.63, 3.8) is 0 Å². The van der Waals surface area contributed by atoms with E-state index in [9.17, 15) is 24.0 Å². The molecule has 1 aliphatic heterocycles. The summed E-state index contributed by atoms with van der Waals surface area (Å²) < 4.78 is 5.39. The van der Waals surface area contributed by atoms with E-state index in [2.05, 4.69) is 10.6 Å². The first kappa shape index (κ1) is 27.6. The monoisotopic (exact) mass is 480 g/mol. The van der Waals surface area contributed by atoms with Crippen LogP contribution in [0.2, 0.25) is 0 Å². The Hall–Kier alpha value is -2.65. The van der Waals surface area contributed by atoms with E-state index in [1.165, 1.54) is 4.90 Å². The van der Waals surface area contributed by atoms with Crippen molar-refractivity contribution in [3.05, 3.63) is 0 Å². The number of Topliss-reactive ketones (excluding diaryl/α,β-unsaturated/α-hetero) is 1. The Kier molecular flexibility index (Phi) is 9.88. The topological polar surface area (TPSA) is 148 Å². The smallest absolute Gasteiger partial charge is 0.408 e. The maximum absolute atomic E-state index is 13.6. The van der Waals surface area contributed by atoms with Crippen LogP contribution in [-0.2, 0) is 23.9 Å². The summed E-state index contributed by atoms with van der Waals surface area (Å²) in [7, 11) is 0. The van der Waals surface area contributed by atoms with Crippen molar-refractivity contribution in [2.75, 3.05) is 6.54 Å². The number of rotatable bonds is 9. The summed E-state index contributed by atoms with van der Waals surface area (Å²) in [6.45, 7) is 7.47. The van der Waals surface area contributed by atoms with E-state index in [0.717, 1.165) is 32.1 Å².